The lowest BCUT2D eigenvalue weighted by Gasteiger charge is -2.36. The fourth-order valence-corrected chi connectivity index (χ4v) is 4.04. The summed E-state index contributed by atoms with van der Waals surface area (Å²) in [7, 11) is -3.91. The maximum absolute atomic E-state index is 12.9. The molecule has 0 spiro atoms. The molecule has 1 aliphatic heterocycles. The highest BCUT2D eigenvalue weighted by Gasteiger charge is 2.32. The van der Waals surface area contributed by atoms with Crippen molar-refractivity contribution in [3.63, 3.8) is 0 Å². The van der Waals surface area contributed by atoms with E-state index >= 15 is 0 Å². The molecule has 1 atom stereocenters. The molecule has 0 unspecified atom stereocenters. The maximum atomic E-state index is 12.9. The van der Waals surface area contributed by atoms with Crippen molar-refractivity contribution in [3.8, 4) is 0 Å². The molecule has 0 fully saturated rings. The molecule has 0 aliphatic carbocycles. The lowest BCUT2D eigenvalue weighted by Crippen LogP contribution is -2.39. The van der Waals surface area contributed by atoms with Crippen LogP contribution in [0, 0.1) is 6.92 Å². The highest BCUT2D eigenvalue weighted by atomic mass is 32.2. The summed E-state index contributed by atoms with van der Waals surface area (Å²) in [6.45, 7) is 4.08. The Morgan fingerprint density at radius 3 is 2.71 bits per heavy atom. The first-order chi connectivity index (χ1) is 11.3. The molecule has 2 aromatic rings. The summed E-state index contributed by atoms with van der Waals surface area (Å²) in [5.41, 5.74) is 2.38. The van der Waals surface area contributed by atoms with Gasteiger partial charge in [0, 0.05) is 12.6 Å². The van der Waals surface area contributed by atoms with Gasteiger partial charge in [0.2, 0.25) is 10.0 Å². The minimum Gasteiger partial charge on any atom is -0.455 e. The van der Waals surface area contributed by atoms with E-state index in [9.17, 15) is 13.2 Å². The van der Waals surface area contributed by atoms with Crippen LogP contribution in [0.15, 0.2) is 39.6 Å². The zero-order valence-corrected chi connectivity index (χ0v) is 14.5. The van der Waals surface area contributed by atoms with E-state index in [1.807, 2.05) is 25.1 Å². The standard InChI is InChI=1S/C17H20N2O4S/c1-3-14-13-7-5-4-6-12(13)8-9-19(14)17(20)15-10-16(11(2)23-15)24(18,21)22/h4-7,10,14H,3,8-9H2,1-2H3,(H2,18,21,22)/t14-/m1/s1. The van der Waals surface area contributed by atoms with Gasteiger partial charge < -0.3 is 9.32 Å². The Morgan fingerprint density at radius 2 is 2.08 bits per heavy atom. The van der Waals surface area contributed by atoms with Gasteiger partial charge in [-0.3, -0.25) is 4.79 Å². The van der Waals surface area contributed by atoms with Crippen LogP contribution in [-0.4, -0.2) is 25.8 Å². The summed E-state index contributed by atoms with van der Waals surface area (Å²) in [5.74, 6) is -0.171. The molecule has 0 radical (unpaired) electrons. The van der Waals surface area contributed by atoms with Gasteiger partial charge in [0.1, 0.15) is 10.7 Å². The monoisotopic (exact) mass is 348 g/mol. The molecule has 2 N–H and O–H groups in total. The van der Waals surface area contributed by atoms with E-state index in [0.717, 1.165) is 18.4 Å². The Labute approximate surface area is 141 Å². The van der Waals surface area contributed by atoms with Crippen LogP contribution in [0.1, 0.15) is 46.8 Å². The van der Waals surface area contributed by atoms with Crippen molar-refractivity contribution in [1.29, 1.82) is 0 Å². The van der Waals surface area contributed by atoms with Gasteiger partial charge in [0.05, 0.1) is 6.04 Å². The highest BCUT2D eigenvalue weighted by molar-refractivity contribution is 7.89. The highest BCUT2D eigenvalue weighted by Crippen LogP contribution is 2.33. The zero-order chi connectivity index (χ0) is 17.5. The van der Waals surface area contributed by atoms with Crippen molar-refractivity contribution in [1.82, 2.24) is 4.90 Å². The molecule has 24 heavy (non-hydrogen) atoms. The summed E-state index contributed by atoms with van der Waals surface area (Å²) < 4.78 is 28.5. The molecule has 1 amide bonds. The predicted octanol–water partition coefficient (Wildman–Crippen LogP) is 2.39. The molecule has 0 bridgehead atoms. The molecule has 7 heteroatoms. The van der Waals surface area contributed by atoms with Gasteiger partial charge in [-0.25, -0.2) is 13.6 Å². The van der Waals surface area contributed by atoms with Crippen LogP contribution in [0.25, 0.3) is 0 Å². The summed E-state index contributed by atoms with van der Waals surface area (Å²) in [6, 6.07) is 9.25. The Kier molecular flexibility index (Phi) is 4.23. The second-order valence-electron chi connectivity index (χ2n) is 5.95. The summed E-state index contributed by atoms with van der Waals surface area (Å²) in [4.78, 5) is 14.5. The Balaban J connectivity index is 1.96. The zero-order valence-electron chi connectivity index (χ0n) is 13.7. The molecule has 128 valence electrons. The number of hydrogen-bond donors (Lipinski definition) is 1. The van der Waals surface area contributed by atoms with E-state index in [-0.39, 0.29) is 28.4 Å². The van der Waals surface area contributed by atoms with Crippen molar-refractivity contribution in [2.24, 2.45) is 5.14 Å². The Morgan fingerprint density at radius 1 is 1.38 bits per heavy atom. The number of sulfonamides is 1. The fraction of sp³-hybridized carbons (Fsp3) is 0.353. The molecule has 0 saturated heterocycles. The quantitative estimate of drug-likeness (QED) is 0.921. The van der Waals surface area contributed by atoms with Gasteiger partial charge in [0.25, 0.3) is 5.91 Å². The molecule has 1 aromatic heterocycles. The third-order valence-corrected chi connectivity index (χ3v) is 5.47. The van der Waals surface area contributed by atoms with Crippen LogP contribution < -0.4 is 5.14 Å². The summed E-state index contributed by atoms with van der Waals surface area (Å²) in [5, 5.41) is 5.15. The topological polar surface area (TPSA) is 93.6 Å². The number of nitrogens with zero attached hydrogens (tertiary/aromatic N) is 1. The predicted molar refractivity (Wildman–Crippen MR) is 89.0 cm³/mol. The Hall–Kier alpha value is -2.12. The first kappa shape index (κ1) is 16.7. The fourth-order valence-electron chi connectivity index (χ4n) is 3.33. The van der Waals surface area contributed by atoms with Crippen LogP contribution >= 0.6 is 0 Å². The largest absolute Gasteiger partial charge is 0.455 e. The Bertz CT molecular complexity index is 886. The normalized spacial score (nSPS) is 17.6. The smallest absolute Gasteiger partial charge is 0.290 e. The lowest BCUT2D eigenvalue weighted by molar-refractivity contribution is 0.0621. The van der Waals surface area contributed by atoms with E-state index in [1.165, 1.54) is 18.6 Å². The second kappa shape index (κ2) is 6.07. The molecule has 0 saturated carbocycles. The second-order valence-corrected chi connectivity index (χ2v) is 7.48. The van der Waals surface area contributed by atoms with E-state index in [1.54, 1.807) is 4.90 Å². The molecule has 6 nitrogen and oxygen atoms in total. The van der Waals surface area contributed by atoms with E-state index < -0.39 is 10.0 Å². The number of carbonyl (C=O) groups is 1. The van der Waals surface area contributed by atoms with Crippen LogP contribution in [0.4, 0.5) is 0 Å². The van der Waals surface area contributed by atoms with Crippen molar-refractivity contribution >= 4 is 15.9 Å². The van der Waals surface area contributed by atoms with Crippen molar-refractivity contribution in [2.75, 3.05) is 6.54 Å². The van der Waals surface area contributed by atoms with Gasteiger partial charge in [-0.1, -0.05) is 31.2 Å². The number of carbonyl (C=O) groups excluding carboxylic acids is 1. The number of fused-ring (bicyclic) bond motifs is 1. The van der Waals surface area contributed by atoms with Gasteiger partial charge in [0.15, 0.2) is 5.76 Å². The van der Waals surface area contributed by atoms with E-state index in [2.05, 4.69) is 6.07 Å². The number of hydrogen-bond acceptors (Lipinski definition) is 4. The average Bonchev–Trinajstić information content (AvgIpc) is 2.95. The van der Waals surface area contributed by atoms with Gasteiger partial charge in [-0.05, 0) is 30.9 Å². The van der Waals surface area contributed by atoms with Crippen LogP contribution in [0.3, 0.4) is 0 Å². The number of primary sulfonamides is 1. The summed E-state index contributed by atoms with van der Waals surface area (Å²) >= 11 is 0. The molecular weight excluding hydrogens is 328 g/mol. The first-order valence-electron chi connectivity index (χ1n) is 7.85. The lowest BCUT2D eigenvalue weighted by atomic mass is 9.91. The molecule has 1 aliphatic rings. The molecule has 3 rings (SSSR count). The number of aryl methyl sites for hydroxylation is 1. The molecular formula is C17H20N2O4S. The first-order valence-corrected chi connectivity index (χ1v) is 9.39. The minimum absolute atomic E-state index is 0.00866. The SMILES string of the molecule is CC[C@@H]1c2ccccc2CCN1C(=O)c1cc(S(N)(=O)=O)c(C)o1. The maximum Gasteiger partial charge on any atom is 0.290 e. The molecule has 1 aromatic carbocycles. The van der Waals surface area contributed by atoms with Crippen LogP contribution in [-0.2, 0) is 16.4 Å². The third kappa shape index (κ3) is 2.85. The van der Waals surface area contributed by atoms with Crippen molar-refractivity contribution in [3.05, 3.63) is 53.0 Å². The van der Waals surface area contributed by atoms with Gasteiger partial charge >= 0.3 is 0 Å². The number of furan rings is 1. The van der Waals surface area contributed by atoms with Crippen molar-refractivity contribution in [2.45, 2.75) is 37.6 Å². The minimum atomic E-state index is -3.91. The number of benzene rings is 1. The molecule has 2 heterocycles. The number of amides is 1. The van der Waals surface area contributed by atoms with Crippen LogP contribution in [0.5, 0.6) is 0 Å². The van der Waals surface area contributed by atoms with Crippen molar-refractivity contribution < 1.29 is 17.6 Å². The number of rotatable bonds is 3. The van der Waals surface area contributed by atoms with E-state index in [4.69, 9.17) is 9.56 Å². The number of nitrogens with two attached hydrogens (primary N) is 1. The van der Waals surface area contributed by atoms with E-state index in [0.29, 0.717) is 6.54 Å². The van der Waals surface area contributed by atoms with Gasteiger partial charge in [-0.2, -0.15) is 0 Å². The van der Waals surface area contributed by atoms with Crippen LogP contribution in [0.2, 0.25) is 0 Å². The third-order valence-electron chi connectivity index (χ3n) is 4.45. The summed E-state index contributed by atoms with van der Waals surface area (Å²) in [6.07, 6.45) is 1.53. The van der Waals surface area contributed by atoms with Gasteiger partial charge in [-0.15, -0.1) is 0 Å². The average molecular weight is 348 g/mol.